The molecule has 0 bridgehead atoms. The Bertz CT molecular complexity index is 498. The van der Waals surface area contributed by atoms with Crippen molar-refractivity contribution >= 4 is 0 Å². The summed E-state index contributed by atoms with van der Waals surface area (Å²) in [4.78, 5) is 1.93. The average molecular weight is 250 g/mol. The molecule has 18 heavy (non-hydrogen) atoms. The topological polar surface area (TPSA) is 82.9 Å². The van der Waals surface area contributed by atoms with Crippen LogP contribution in [0.5, 0.6) is 0 Å². The van der Waals surface area contributed by atoms with Crippen molar-refractivity contribution in [2.24, 2.45) is 0 Å². The van der Waals surface area contributed by atoms with E-state index < -0.39 is 12.2 Å². The highest BCUT2D eigenvalue weighted by atomic mass is 16.5. The van der Waals surface area contributed by atoms with Gasteiger partial charge in [-0.1, -0.05) is 5.16 Å². The molecule has 0 amide bonds. The minimum Gasteiger partial charge on any atom is -0.461 e. The van der Waals surface area contributed by atoms with E-state index in [0.717, 1.165) is 5.69 Å². The summed E-state index contributed by atoms with van der Waals surface area (Å²) in [6.45, 7) is 1.44. The lowest BCUT2D eigenvalue weighted by Crippen LogP contribution is -2.22. The number of likely N-dealkylation sites (tertiary alicyclic amines) is 1. The van der Waals surface area contributed by atoms with Gasteiger partial charge < -0.3 is 19.2 Å². The van der Waals surface area contributed by atoms with Gasteiger partial charge in [-0.05, 0) is 12.1 Å². The van der Waals surface area contributed by atoms with Crippen LogP contribution < -0.4 is 0 Å². The first-order valence-electron chi connectivity index (χ1n) is 5.80. The van der Waals surface area contributed by atoms with Crippen LogP contribution in [-0.4, -0.2) is 45.6 Å². The Morgan fingerprint density at radius 3 is 2.72 bits per heavy atom. The van der Waals surface area contributed by atoms with Crippen molar-refractivity contribution in [1.82, 2.24) is 10.1 Å². The van der Waals surface area contributed by atoms with Gasteiger partial charge in [0.05, 0.1) is 24.2 Å². The van der Waals surface area contributed by atoms with Crippen molar-refractivity contribution in [1.29, 1.82) is 0 Å². The van der Waals surface area contributed by atoms with E-state index in [1.54, 1.807) is 24.5 Å². The molecule has 1 fully saturated rings. The third kappa shape index (κ3) is 2.17. The van der Waals surface area contributed by atoms with E-state index in [-0.39, 0.29) is 0 Å². The summed E-state index contributed by atoms with van der Waals surface area (Å²) in [5.74, 6) is 1.21. The molecule has 1 aliphatic heterocycles. The third-order valence-electron chi connectivity index (χ3n) is 3.04. The van der Waals surface area contributed by atoms with Crippen molar-refractivity contribution in [2.75, 3.05) is 13.1 Å². The summed E-state index contributed by atoms with van der Waals surface area (Å²) in [6, 6.07) is 5.38. The standard InChI is InChI=1S/C12H14N2O4/c15-9-6-14(7-10(9)16)5-8-4-12(18-13-8)11-2-1-3-17-11/h1-4,9-10,15-16H,5-7H2/t9-,10+. The molecule has 2 aromatic heterocycles. The summed E-state index contributed by atoms with van der Waals surface area (Å²) >= 11 is 0. The number of aromatic nitrogens is 1. The molecule has 0 spiro atoms. The van der Waals surface area contributed by atoms with Crippen LogP contribution in [0.3, 0.4) is 0 Å². The Morgan fingerprint density at radius 1 is 1.28 bits per heavy atom. The molecule has 2 aromatic rings. The minimum atomic E-state index is -0.679. The summed E-state index contributed by atoms with van der Waals surface area (Å²) < 4.78 is 10.4. The van der Waals surface area contributed by atoms with Crippen LogP contribution in [-0.2, 0) is 6.54 Å². The molecule has 96 valence electrons. The third-order valence-corrected chi connectivity index (χ3v) is 3.04. The number of aliphatic hydroxyl groups is 2. The fourth-order valence-electron chi connectivity index (χ4n) is 2.13. The number of hydrogen-bond acceptors (Lipinski definition) is 6. The highest BCUT2D eigenvalue weighted by Crippen LogP contribution is 2.22. The second kappa shape index (κ2) is 4.56. The molecule has 6 nitrogen and oxygen atoms in total. The molecule has 0 unspecified atom stereocenters. The second-order valence-corrected chi connectivity index (χ2v) is 4.49. The van der Waals surface area contributed by atoms with Crippen LogP contribution in [0.1, 0.15) is 5.69 Å². The second-order valence-electron chi connectivity index (χ2n) is 4.49. The zero-order valence-corrected chi connectivity index (χ0v) is 9.69. The largest absolute Gasteiger partial charge is 0.461 e. The van der Waals surface area contributed by atoms with Gasteiger partial charge in [0, 0.05) is 25.7 Å². The number of furan rings is 1. The van der Waals surface area contributed by atoms with Crippen molar-refractivity contribution in [3.05, 3.63) is 30.2 Å². The van der Waals surface area contributed by atoms with E-state index in [0.29, 0.717) is 31.2 Å². The molecule has 1 aliphatic rings. The molecule has 0 radical (unpaired) electrons. The highest BCUT2D eigenvalue weighted by Gasteiger charge is 2.29. The number of aliphatic hydroxyl groups excluding tert-OH is 2. The maximum atomic E-state index is 9.45. The SMILES string of the molecule is O[C@@H]1CN(Cc2cc(-c3ccco3)on2)C[C@@H]1O. The summed E-state index contributed by atoms with van der Waals surface area (Å²) in [6.07, 6.45) is 0.216. The molecule has 6 heteroatoms. The molecule has 1 saturated heterocycles. The van der Waals surface area contributed by atoms with Crippen LogP contribution in [0, 0.1) is 0 Å². The van der Waals surface area contributed by atoms with E-state index in [1.807, 2.05) is 4.90 Å². The molecule has 2 N–H and O–H groups in total. The van der Waals surface area contributed by atoms with Gasteiger partial charge in [-0.2, -0.15) is 0 Å². The molecule has 2 atom stereocenters. The fraction of sp³-hybridized carbons (Fsp3) is 0.417. The summed E-state index contributed by atoms with van der Waals surface area (Å²) in [5, 5.41) is 22.8. The van der Waals surface area contributed by atoms with E-state index >= 15 is 0 Å². The Kier molecular flexibility index (Phi) is 2.91. The van der Waals surface area contributed by atoms with Gasteiger partial charge in [0.2, 0.25) is 5.76 Å². The summed E-state index contributed by atoms with van der Waals surface area (Å²) in [5.41, 5.74) is 0.753. The molecular weight excluding hydrogens is 236 g/mol. The van der Waals surface area contributed by atoms with Crippen molar-refractivity contribution in [3.63, 3.8) is 0 Å². The normalized spacial score (nSPS) is 24.8. The van der Waals surface area contributed by atoms with E-state index in [2.05, 4.69) is 5.16 Å². The average Bonchev–Trinajstić information content (AvgIpc) is 3.02. The van der Waals surface area contributed by atoms with Gasteiger partial charge in [0.25, 0.3) is 0 Å². The Hall–Kier alpha value is -1.63. The lowest BCUT2D eigenvalue weighted by Gasteiger charge is -2.11. The van der Waals surface area contributed by atoms with E-state index in [1.165, 1.54) is 0 Å². The fourth-order valence-corrected chi connectivity index (χ4v) is 2.13. The maximum absolute atomic E-state index is 9.45. The Labute approximate surface area is 103 Å². The smallest absolute Gasteiger partial charge is 0.202 e. The molecule has 0 aromatic carbocycles. The zero-order valence-electron chi connectivity index (χ0n) is 9.69. The minimum absolute atomic E-state index is 0.449. The van der Waals surface area contributed by atoms with Gasteiger partial charge in [0.15, 0.2) is 5.76 Å². The quantitative estimate of drug-likeness (QED) is 0.824. The first-order valence-corrected chi connectivity index (χ1v) is 5.80. The van der Waals surface area contributed by atoms with Gasteiger partial charge in [-0.25, -0.2) is 0 Å². The zero-order chi connectivity index (χ0) is 12.5. The molecule has 0 saturated carbocycles. The predicted molar refractivity (Wildman–Crippen MR) is 61.5 cm³/mol. The van der Waals surface area contributed by atoms with Crippen molar-refractivity contribution in [3.8, 4) is 11.5 Å². The van der Waals surface area contributed by atoms with E-state index in [9.17, 15) is 10.2 Å². The van der Waals surface area contributed by atoms with Gasteiger partial charge in [-0.15, -0.1) is 0 Å². The van der Waals surface area contributed by atoms with Gasteiger partial charge >= 0.3 is 0 Å². The Morgan fingerprint density at radius 2 is 2.06 bits per heavy atom. The van der Waals surface area contributed by atoms with Gasteiger partial charge in [0.1, 0.15) is 0 Å². The first kappa shape index (κ1) is 11.5. The number of rotatable bonds is 3. The van der Waals surface area contributed by atoms with Crippen molar-refractivity contribution in [2.45, 2.75) is 18.8 Å². The molecule has 3 heterocycles. The monoisotopic (exact) mass is 250 g/mol. The molecule has 0 aliphatic carbocycles. The first-order chi connectivity index (χ1) is 8.72. The number of β-amino-alcohol motifs (C(OH)–C–C–N with tert-alkyl or cyclic N) is 2. The molecular formula is C12H14N2O4. The number of hydrogen-bond donors (Lipinski definition) is 2. The van der Waals surface area contributed by atoms with Crippen LogP contribution in [0.2, 0.25) is 0 Å². The predicted octanol–water partition coefficient (Wildman–Crippen LogP) is 0.472. The maximum Gasteiger partial charge on any atom is 0.202 e. The lowest BCUT2D eigenvalue weighted by molar-refractivity contribution is 0.0572. The molecule has 3 rings (SSSR count). The van der Waals surface area contributed by atoms with Crippen molar-refractivity contribution < 1.29 is 19.2 Å². The highest BCUT2D eigenvalue weighted by molar-refractivity contribution is 5.49. The number of nitrogens with zero attached hydrogens (tertiary/aromatic N) is 2. The van der Waals surface area contributed by atoms with Crippen LogP contribution in [0.4, 0.5) is 0 Å². The van der Waals surface area contributed by atoms with Gasteiger partial charge in [-0.3, -0.25) is 4.90 Å². The summed E-state index contributed by atoms with van der Waals surface area (Å²) in [7, 11) is 0. The lowest BCUT2D eigenvalue weighted by atomic mass is 10.3. The van der Waals surface area contributed by atoms with Crippen LogP contribution in [0.15, 0.2) is 33.4 Å². The Balaban J connectivity index is 1.68. The van der Waals surface area contributed by atoms with Crippen LogP contribution >= 0.6 is 0 Å². The van der Waals surface area contributed by atoms with E-state index in [4.69, 9.17) is 8.94 Å². The van der Waals surface area contributed by atoms with Crippen LogP contribution in [0.25, 0.3) is 11.5 Å².